The van der Waals surface area contributed by atoms with Crippen LogP contribution in [0.5, 0.6) is 11.5 Å². The number of methoxy groups -OCH3 is 2. The van der Waals surface area contributed by atoms with Gasteiger partial charge in [-0.05, 0) is 52.7 Å². The average molecular weight is 322 g/mol. The van der Waals surface area contributed by atoms with Crippen molar-refractivity contribution in [1.29, 1.82) is 0 Å². The van der Waals surface area contributed by atoms with E-state index in [1.807, 2.05) is 42.5 Å². The standard InChI is InChI=1S/C20H18O4/c1-22-13-14-4-3-5-16(10-14)20(21)24-19-9-7-15-6-8-18(23-2)11-17(15)12-19/h3-12H,13H2,1-2H3. The minimum absolute atomic E-state index is 0.393. The fourth-order valence-corrected chi connectivity index (χ4v) is 2.51. The molecule has 0 aliphatic heterocycles. The maximum atomic E-state index is 12.3. The third-order valence-corrected chi connectivity index (χ3v) is 3.70. The van der Waals surface area contributed by atoms with E-state index in [-0.39, 0.29) is 0 Å². The Labute approximate surface area is 140 Å². The van der Waals surface area contributed by atoms with Crippen molar-refractivity contribution in [3.8, 4) is 11.5 Å². The summed E-state index contributed by atoms with van der Waals surface area (Å²) in [6, 6.07) is 18.5. The lowest BCUT2D eigenvalue weighted by atomic mass is 10.1. The molecule has 0 aliphatic rings. The Morgan fingerprint density at radius 1 is 0.875 bits per heavy atom. The van der Waals surface area contributed by atoms with Gasteiger partial charge in [0.05, 0.1) is 19.3 Å². The number of hydrogen-bond acceptors (Lipinski definition) is 4. The molecule has 0 aromatic heterocycles. The number of hydrogen-bond donors (Lipinski definition) is 0. The van der Waals surface area contributed by atoms with Gasteiger partial charge in [0.1, 0.15) is 11.5 Å². The zero-order chi connectivity index (χ0) is 16.9. The molecule has 0 amide bonds. The molecule has 0 atom stereocenters. The molecule has 0 N–H and O–H groups in total. The molecule has 0 unspecified atom stereocenters. The van der Waals surface area contributed by atoms with E-state index in [0.29, 0.717) is 17.9 Å². The van der Waals surface area contributed by atoms with Gasteiger partial charge in [-0.3, -0.25) is 0 Å². The van der Waals surface area contributed by atoms with Crippen LogP contribution in [-0.2, 0) is 11.3 Å². The molecular formula is C20H18O4. The first-order valence-electron chi connectivity index (χ1n) is 7.57. The second-order valence-electron chi connectivity index (χ2n) is 5.40. The van der Waals surface area contributed by atoms with Crippen molar-refractivity contribution in [3.05, 3.63) is 71.8 Å². The Balaban J connectivity index is 1.83. The highest BCUT2D eigenvalue weighted by Crippen LogP contribution is 2.25. The normalized spacial score (nSPS) is 10.6. The predicted molar refractivity (Wildman–Crippen MR) is 92.6 cm³/mol. The topological polar surface area (TPSA) is 44.8 Å². The van der Waals surface area contributed by atoms with Gasteiger partial charge in [-0.15, -0.1) is 0 Å². The van der Waals surface area contributed by atoms with Crippen LogP contribution in [0.3, 0.4) is 0 Å². The van der Waals surface area contributed by atoms with Gasteiger partial charge in [-0.2, -0.15) is 0 Å². The highest BCUT2D eigenvalue weighted by molar-refractivity contribution is 5.92. The summed E-state index contributed by atoms with van der Waals surface area (Å²) >= 11 is 0. The number of benzene rings is 3. The zero-order valence-electron chi connectivity index (χ0n) is 13.6. The highest BCUT2D eigenvalue weighted by atomic mass is 16.5. The molecule has 3 aromatic rings. The molecule has 0 spiro atoms. The lowest BCUT2D eigenvalue weighted by molar-refractivity contribution is 0.0734. The molecule has 0 heterocycles. The Morgan fingerprint density at radius 3 is 2.38 bits per heavy atom. The highest BCUT2D eigenvalue weighted by Gasteiger charge is 2.10. The largest absolute Gasteiger partial charge is 0.497 e. The van der Waals surface area contributed by atoms with E-state index in [2.05, 4.69) is 0 Å². The third-order valence-electron chi connectivity index (χ3n) is 3.70. The fraction of sp³-hybridized carbons (Fsp3) is 0.150. The van der Waals surface area contributed by atoms with Crippen LogP contribution >= 0.6 is 0 Å². The first-order chi connectivity index (χ1) is 11.7. The minimum Gasteiger partial charge on any atom is -0.497 e. The van der Waals surface area contributed by atoms with Crippen molar-refractivity contribution in [2.75, 3.05) is 14.2 Å². The summed E-state index contributed by atoms with van der Waals surface area (Å²) in [6.07, 6.45) is 0. The molecular weight excluding hydrogens is 304 g/mol. The molecule has 3 rings (SSSR count). The van der Waals surface area contributed by atoms with Crippen LogP contribution in [0.25, 0.3) is 10.8 Å². The zero-order valence-corrected chi connectivity index (χ0v) is 13.6. The van der Waals surface area contributed by atoms with Gasteiger partial charge >= 0.3 is 5.97 Å². The van der Waals surface area contributed by atoms with Crippen molar-refractivity contribution in [3.63, 3.8) is 0 Å². The summed E-state index contributed by atoms with van der Waals surface area (Å²) in [5, 5.41) is 2.01. The molecule has 4 heteroatoms. The van der Waals surface area contributed by atoms with Crippen molar-refractivity contribution in [1.82, 2.24) is 0 Å². The van der Waals surface area contributed by atoms with Crippen LogP contribution in [0.15, 0.2) is 60.7 Å². The maximum Gasteiger partial charge on any atom is 0.343 e. The molecule has 0 radical (unpaired) electrons. The molecule has 4 nitrogen and oxygen atoms in total. The first-order valence-corrected chi connectivity index (χ1v) is 7.57. The first kappa shape index (κ1) is 16.0. The van der Waals surface area contributed by atoms with Gasteiger partial charge < -0.3 is 14.2 Å². The van der Waals surface area contributed by atoms with Gasteiger partial charge in [0.2, 0.25) is 0 Å². The van der Waals surface area contributed by atoms with Crippen LogP contribution in [-0.4, -0.2) is 20.2 Å². The molecule has 0 saturated carbocycles. The van der Waals surface area contributed by atoms with E-state index in [1.165, 1.54) is 0 Å². The monoisotopic (exact) mass is 322 g/mol. The van der Waals surface area contributed by atoms with Gasteiger partial charge in [0.25, 0.3) is 0 Å². The van der Waals surface area contributed by atoms with Crippen LogP contribution < -0.4 is 9.47 Å². The van der Waals surface area contributed by atoms with E-state index in [1.54, 1.807) is 32.4 Å². The second kappa shape index (κ2) is 7.15. The fourth-order valence-electron chi connectivity index (χ4n) is 2.51. The van der Waals surface area contributed by atoms with Crippen molar-refractivity contribution >= 4 is 16.7 Å². The van der Waals surface area contributed by atoms with Crippen LogP contribution in [0.4, 0.5) is 0 Å². The van der Waals surface area contributed by atoms with Crippen molar-refractivity contribution in [2.24, 2.45) is 0 Å². The Morgan fingerprint density at radius 2 is 1.62 bits per heavy atom. The van der Waals surface area contributed by atoms with Gasteiger partial charge in [-0.25, -0.2) is 4.79 Å². The molecule has 24 heavy (non-hydrogen) atoms. The smallest absolute Gasteiger partial charge is 0.343 e. The minimum atomic E-state index is -0.393. The van der Waals surface area contributed by atoms with E-state index < -0.39 is 5.97 Å². The van der Waals surface area contributed by atoms with E-state index in [0.717, 1.165) is 22.1 Å². The summed E-state index contributed by atoms with van der Waals surface area (Å²) in [4.78, 5) is 12.3. The summed E-state index contributed by atoms with van der Waals surface area (Å²) < 4.78 is 15.8. The summed E-state index contributed by atoms with van der Waals surface area (Å²) in [5.41, 5.74) is 1.42. The van der Waals surface area contributed by atoms with Gasteiger partial charge in [0, 0.05) is 7.11 Å². The van der Waals surface area contributed by atoms with E-state index >= 15 is 0 Å². The lowest BCUT2D eigenvalue weighted by Crippen LogP contribution is -2.09. The molecule has 0 bridgehead atoms. The summed E-state index contributed by atoms with van der Waals surface area (Å²) in [5.74, 6) is 0.867. The molecule has 0 fully saturated rings. The molecule has 122 valence electrons. The van der Waals surface area contributed by atoms with E-state index in [4.69, 9.17) is 14.2 Å². The Bertz CT molecular complexity index is 870. The predicted octanol–water partition coefficient (Wildman–Crippen LogP) is 4.21. The average Bonchev–Trinajstić information content (AvgIpc) is 2.61. The molecule has 0 saturated heterocycles. The molecule has 3 aromatic carbocycles. The van der Waals surface area contributed by atoms with E-state index in [9.17, 15) is 4.79 Å². The summed E-state index contributed by atoms with van der Waals surface area (Å²) in [6.45, 7) is 0.455. The maximum absolute atomic E-state index is 12.3. The number of esters is 1. The van der Waals surface area contributed by atoms with Crippen LogP contribution in [0.2, 0.25) is 0 Å². The van der Waals surface area contributed by atoms with Crippen LogP contribution in [0.1, 0.15) is 15.9 Å². The second-order valence-corrected chi connectivity index (χ2v) is 5.40. The third kappa shape index (κ3) is 3.55. The van der Waals surface area contributed by atoms with Crippen LogP contribution in [0, 0.1) is 0 Å². The number of ether oxygens (including phenoxy) is 3. The van der Waals surface area contributed by atoms with Gasteiger partial charge in [0.15, 0.2) is 0 Å². The SMILES string of the molecule is COCc1cccc(C(=O)Oc2ccc3ccc(OC)cc3c2)c1. The quantitative estimate of drug-likeness (QED) is 0.521. The summed E-state index contributed by atoms with van der Waals surface area (Å²) in [7, 11) is 3.24. The number of carbonyl (C=O) groups is 1. The lowest BCUT2D eigenvalue weighted by Gasteiger charge is -2.08. The van der Waals surface area contributed by atoms with Crippen molar-refractivity contribution in [2.45, 2.75) is 6.61 Å². The number of rotatable bonds is 5. The number of carbonyl (C=O) groups excluding carboxylic acids is 1. The number of fused-ring (bicyclic) bond motifs is 1. The van der Waals surface area contributed by atoms with Crippen molar-refractivity contribution < 1.29 is 19.0 Å². The Kier molecular flexibility index (Phi) is 4.77. The molecule has 0 aliphatic carbocycles. The Hall–Kier alpha value is -2.85. The van der Waals surface area contributed by atoms with Gasteiger partial charge in [-0.1, -0.05) is 24.3 Å².